The van der Waals surface area contributed by atoms with E-state index in [9.17, 15) is 9.18 Å². The Labute approximate surface area is 124 Å². The highest BCUT2D eigenvalue weighted by Crippen LogP contribution is 2.29. The fraction of sp³-hybridized carbons (Fsp3) is 0.471. The first-order valence-corrected chi connectivity index (χ1v) is 7.32. The number of nitrogens with one attached hydrogen (secondary N) is 1. The average Bonchev–Trinajstić information content (AvgIpc) is 2.36. The van der Waals surface area contributed by atoms with E-state index >= 15 is 0 Å². The zero-order chi connectivity index (χ0) is 15.2. The molecule has 0 bridgehead atoms. The van der Waals surface area contributed by atoms with Gasteiger partial charge in [0.2, 0.25) is 0 Å². The Morgan fingerprint density at radius 3 is 2.86 bits per heavy atom. The molecule has 2 N–H and O–H groups in total. The van der Waals surface area contributed by atoms with Crippen LogP contribution in [0.1, 0.15) is 48.5 Å². The maximum atomic E-state index is 14.0. The van der Waals surface area contributed by atoms with Crippen molar-refractivity contribution in [3.05, 3.63) is 35.1 Å². The van der Waals surface area contributed by atoms with Crippen molar-refractivity contribution >= 4 is 5.91 Å². The maximum Gasteiger partial charge on any atom is 0.254 e. The molecule has 0 spiro atoms. The molecule has 0 saturated heterocycles. The van der Waals surface area contributed by atoms with Crippen molar-refractivity contribution in [1.82, 2.24) is 5.32 Å². The van der Waals surface area contributed by atoms with Gasteiger partial charge in [0.25, 0.3) is 5.91 Å². The molecule has 1 aliphatic carbocycles. The van der Waals surface area contributed by atoms with Gasteiger partial charge in [-0.25, -0.2) is 4.39 Å². The third-order valence-electron chi connectivity index (χ3n) is 3.90. The van der Waals surface area contributed by atoms with Crippen LogP contribution in [0.5, 0.6) is 0 Å². The summed E-state index contributed by atoms with van der Waals surface area (Å²) in [6.07, 6.45) is 3.82. The number of hydrogen-bond donors (Lipinski definition) is 2. The summed E-state index contributed by atoms with van der Waals surface area (Å²) in [6, 6.07) is 4.42. The zero-order valence-electron chi connectivity index (χ0n) is 12.2. The number of benzene rings is 1. The van der Waals surface area contributed by atoms with Gasteiger partial charge in [-0.1, -0.05) is 18.3 Å². The molecule has 1 aliphatic rings. The van der Waals surface area contributed by atoms with Gasteiger partial charge < -0.3 is 10.4 Å². The molecule has 0 aliphatic heterocycles. The van der Waals surface area contributed by atoms with Crippen LogP contribution in [-0.2, 0) is 0 Å². The molecule has 4 heteroatoms. The van der Waals surface area contributed by atoms with E-state index in [1.54, 1.807) is 6.07 Å². The third kappa shape index (κ3) is 4.05. The molecule has 112 valence electrons. The van der Waals surface area contributed by atoms with Gasteiger partial charge in [0.05, 0.1) is 12.2 Å². The minimum atomic E-state index is -0.566. The highest BCUT2D eigenvalue weighted by atomic mass is 19.1. The molecule has 1 amide bonds. The van der Waals surface area contributed by atoms with Crippen molar-refractivity contribution < 1.29 is 14.3 Å². The Morgan fingerprint density at radius 1 is 1.52 bits per heavy atom. The first-order valence-electron chi connectivity index (χ1n) is 7.32. The largest absolute Gasteiger partial charge is 0.395 e. The van der Waals surface area contributed by atoms with Crippen molar-refractivity contribution in [3.63, 3.8) is 0 Å². The van der Waals surface area contributed by atoms with Crippen molar-refractivity contribution in [2.24, 2.45) is 5.92 Å². The highest BCUT2D eigenvalue weighted by molar-refractivity contribution is 5.94. The van der Waals surface area contributed by atoms with Gasteiger partial charge in [-0.05, 0) is 43.9 Å². The predicted octanol–water partition coefficient (Wildman–Crippen LogP) is 2.48. The van der Waals surface area contributed by atoms with Gasteiger partial charge in [-0.2, -0.15) is 0 Å². The molecule has 0 heterocycles. The number of halogens is 1. The highest BCUT2D eigenvalue weighted by Gasteiger charge is 2.25. The number of aliphatic hydroxyl groups excluding tert-OH is 1. The van der Waals surface area contributed by atoms with Crippen LogP contribution in [0.4, 0.5) is 4.39 Å². The Morgan fingerprint density at radius 2 is 2.29 bits per heavy atom. The summed E-state index contributed by atoms with van der Waals surface area (Å²) in [5, 5.41) is 11.5. The van der Waals surface area contributed by atoms with Crippen molar-refractivity contribution in [2.75, 3.05) is 6.61 Å². The van der Waals surface area contributed by atoms with Crippen LogP contribution < -0.4 is 5.32 Å². The Bertz CT molecular complexity index is 570. The lowest BCUT2D eigenvalue weighted by molar-refractivity contribution is 0.0905. The molecule has 1 aromatic rings. The summed E-state index contributed by atoms with van der Waals surface area (Å²) in [5.41, 5.74) is 0.554. The fourth-order valence-electron chi connectivity index (χ4n) is 2.34. The van der Waals surface area contributed by atoms with Crippen LogP contribution in [0.25, 0.3) is 0 Å². The summed E-state index contributed by atoms with van der Waals surface area (Å²) < 4.78 is 14.0. The molecule has 1 aromatic carbocycles. The van der Waals surface area contributed by atoms with E-state index in [4.69, 9.17) is 5.11 Å². The summed E-state index contributed by atoms with van der Waals surface area (Å²) in [6.45, 7) is 1.95. The molecule has 1 fully saturated rings. The lowest BCUT2D eigenvalue weighted by Gasteiger charge is -2.31. The van der Waals surface area contributed by atoms with Gasteiger partial charge in [0, 0.05) is 18.0 Å². The Kier molecular flexibility index (Phi) is 5.35. The normalized spacial score (nSPS) is 15.6. The van der Waals surface area contributed by atoms with Crippen LogP contribution in [-0.4, -0.2) is 23.7 Å². The predicted molar refractivity (Wildman–Crippen MR) is 79.3 cm³/mol. The quantitative estimate of drug-likeness (QED) is 0.837. The number of amides is 1. The summed E-state index contributed by atoms with van der Waals surface area (Å²) in [4.78, 5) is 12.1. The van der Waals surface area contributed by atoms with Crippen LogP contribution in [0.15, 0.2) is 18.2 Å². The van der Waals surface area contributed by atoms with Gasteiger partial charge >= 0.3 is 0 Å². The van der Waals surface area contributed by atoms with Crippen molar-refractivity contribution in [3.8, 4) is 11.8 Å². The number of carbonyl (C=O) groups excluding carboxylic acids is 1. The van der Waals surface area contributed by atoms with E-state index in [2.05, 4.69) is 17.2 Å². The van der Waals surface area contributed by atoms with Crippen LogP contribution in [0, 0.1) is 23.6 Å². The molecule has 0 radical (unpaired) electrons. The lowest BCUT2D eigenvalue weighted by atomic mass is 9.80. The SMILES string of the molecule is CC(NC(=O)c1ccc(C#CCCO)cc1F)C1CCC1. The molecule has 2 rings (SSSR count). The molecule has 3 nitrogen and oxygen atoms in total. The summed E-state index contributed by atoms with van der Waals surface area (Å²) >= 11 is 0. The van der Waals surface area contributed by atoms with E-state index in [0.29, 0.717) is 17.9 Å². The second-order valence-electron chi connectivity index (χ2n) is 5.42. The molecule has 0 aromatic heterocycles. The minimum Gasteiger partial charge on any atom is -0.395 e. The Balaban J connectivity index is 2.02. The maximum absolute atomic E-state index is 14.0. The van der Waals surface area contributed by atoms with Gasteiger partial charge in [0.1, 0.15) is 5.82 Å². The monoisotopic (exact) mass is 289 g/mol. The summed E-state index contributed by atoms with van der Waals surface area (Å²) in [7, 11) is 0. The van der Waals surface area contributed by atoms with E-state index in [1.165, 1.54) is 18.6 Å². The minimum absolute atomic E-state index is 0.0188. The summed E-state index contributed by atoms with van der Waals surface area (Å²) in [5.74, 6) is 5.05. The Hall–Kier alpha value is -1.86. The van der Waals surface area contributed by atoms with Gasteiger partial charge in [-0.3, -0.25) is 4.79 Å². The molecule has 1 unspecified atom stereocenters. The van der Waals surface area contributed by atoms with Crippen LogP contribution in [0.3, 0.4) is 0 Å². The lowest BCUT2D eigenvalue weighted by Crippen LogP contribution is -2.40. The van der Waals surface area contributed by atoms with Gasteiger partial charge in [-0.15, -0.1) is 0 Å². The fourth-order valence-corrected chi connectivity index (χ4v) is 2.34. The van der Waals surface area contributed by atoms with Crippen molar-refractivity contribution in [1.29, 1.82) is 0 Å². The number of aliphatic hydroxyl groups is 1. The second kappa shape index (κ2) is 7.24. The van der Waals surface area contributed by atoms with E-state index in [1.807, 2.05) is 6.92 Å². The average molecular weight is 289 g/mol. The number of hydrogen-bond acceptors (Lipinski definition) is 2. The zero-order valence-corrected chi connectivity index (χ0v) is 12.2. The number of carbonyl (C=O) groups is 1. The van der Waals surface area contributed by atoms with E-state index < -0.39 is 5.82 Å². The van der Waals surface area contributed by atoms with Crippen molar-refractivity contribution in [2.45, 2.75) is 38.6 Å². The molecular weight excluding hydrogens is 269 g/mol. The topological polar surface area (TPSA) is 49.3 Å². The second-order valence-corrected chi connectivity index (χ2v) is 5.42. The molecule has 1 atom stereocenters. The first kappa shape index (κ1) is 15.5. The molecule has 1 saturated carbocycles. The third-order valence-corrected chi connectivity index (χ3v) is 3.90. The van der Waals surface area contributed by atoms with Crippen LogP contribution in [0.2, 0.25) is 0 Å². The van der Waals surface area contributed by atoms with Gasteiger partial charge in [0.15, 0.2) is 0 Å². The van der Waals surface area contributed by atoms with E-state index in [0.717, 1.165) is 12.8 Å². The molecular formula is C17H20FNO2. The van der Waals surface area contributed by atoms with Crippen LogP contribution >= 0.6 is 0 Å². The molecule has 21 heavy (non-hydrogen) atoms. The number of rotatable bonds is 4. The first-order chi connectivity index (χ1) is 10.1. The smallest absolute Gasteiger partial charge is 0.254 e. The standard InChI is InChI=1S/C17H20FNO2/c1-12(14-6-4-7-14)19-17(21)15-9-8-13(11-16(15)18)5-2-3-10-20/h8-9,11-12,14,20H,3-4,6-7,10H2,1H3,(H,19,21). The van der Waals surface area contributed by atoms with E-state index in [-0.39, 0.29) is 24.1 Å².